The number of fused-ring (bicyclic) bond motifs is 1. The van der Waals surface area contributed by atoms with E-state index in [1.165, 1.54) is 4.57 Å². The van der Waals surface area contributed by atoms with Crippen LogP contribution in [0.3, 0.4) is 0 Å². The van der Waals surface area contributed by atoms with Gasteiger partial charge in [-0.1, -0.05) is 12.1 Å². The molecule has 1 aliphatic heterocycles. The highest BCUT2D eigenvalue weighted by atomic mass is 16.5. The molecule has 0 saturated carbocycles. The van der Waals surface area contributed by atoms with E-state index in [-0.39, 0.29) is 5.91 Å². The first-order valence-electron chi connectivity index (χ1n) is 9.80. The zero-order chi connectivity index (χ0) is 21.3. The smallest absolute Gasteiger partial charge is 0.336 e. The van der Waals surface area contributed by atoms with Crippen LogP contribution in [-0.4, -0.2) is 53.4 Å². The Bertz CT molecular complexity index is 1190. The van der Waals surface area contributed by atoms with Crippen molar-refractivity contribution in [2.75, 3.05) is 33.4 Å². The van der Waals surface area contributed by atoms with E-state index in [1.54, 1.807) is 67.5 Å². The number of carbonyl (C=O) groups excluding carboxylic acids is 1. The fourth-order valence-corrected chi connectivity index (χ4v) is 3.77. The average Bonchev–Trinajstić information content (AvgIpc) is 2.79. The van der Waals surface area contributed by atoms with Gasteiger partial charge < -0.3 is 14.4 Å². The van der Waals surface area contributed by atoms with Crippen LogP contribution in [0.5, 0.6) is 5.75 Å². The fourth-order valence-electron chi connectivity index (χ4n) is 3.77. The van der Waals surface area contributed by atoms with E-state index < -0.39 is 17.3 Å². The maximum atomic E-state index is 13.5. The monoisotopic (exact) mass is 409 g/mol. The molecule has 30 heavy (non-hydrogen) atoms. The van der Waals surface area contributed by atoms with E-state index in [0.717, 1.165) is 4.57 Å². The van der Waals surface area contributed by atoms with Crippen molar-refractivity contribution in [2.24, 2.45) is 0 Å². The van der Waals surface area contributed by atoms with Crippen LogP contribution < -0.4 is 16.0 Å². The molecule has 1 aromatic heterocycles. The minimum atomic E-state index is -0.773. The molecule has 1 unspecified atom stereocenters. The van der Waals surface area contributed by atoms with Gasteiger partial charge in [-0.25, -0.2) is 9.36 Å². The lowest BCUT2D eigenvalue weighted by Gasteiger charge is -2.30. The average molecular weight is 409 g/mol. The van der Waals surface area contributed by atoms with E-state index in [0.29, 0.717) is 48.6 Å². The van der Waals surface area contributed by atoms with Gasteiger partial charge in [0, 0.05) is 13.1 Å². The summed E-state index contributed by atoms with van der Waals surface area (Å²) in [6, 6.07) is 12.7. The van der Waals surface area contributed by atoms with Gasteiger partial charge in [0.05, 0.1) is 36.9 Å². The molecule has 4 rings (SSSR count). The van der Waals surface area contributed by atoms with Gasteiger partial charge in [-0.15, -0.1) is 0 Å². The second kappa shape index (κ2) is 8.16. The number of methoxy groups -OCH3 is 1. The standard InChI is InChI=1S/C22H23N3O5/c1-15(20(26)23-11-13-30-14-12-23)24-19-6-4-3-5-18(19)21(27)25(22(24)28)16-7-9-17(29-2)10-8-16/h3-10,15H,11-14H2,1-2H3. The molecule has 156 valence electrons. The Hall–Kier alpha value is -3.39. The van der Waals surface area contributed by atoms with Crippen LogP contribution in [0.15, 0.2) is 58.1 Å². The van der Waals surface area contributed by atoms with Crippen molar-refractivity contribution in [2.45, 2.75) is 13.0 Å². The Morgan fingerprint density at radius 1 is 1.03 bits per heavy atom. The number of rotatable bonds is 4. The summed E-state index contributed by atoms with van der Waals surface area (Å²) in [6.45, 7) is 3.59. The number of para-hydroxylation sites is 1. The molecule has 1 amide bonds. The molecule has 0 radical (unpaired) electrons. The SMILES string of the molecule is COc1ccc(-n2c(=O)c3ccccc3n(C(C)C(=O)N3CCOCC3)c2=O)cc1. The molecule has 2 heterocycles. The number of hydrogen-bond donors (Lipinski definition) is 0. The first-order valence-corrected chi connectivity index (χ1v) is 9.80. The van der Waals surface area contributed by atoms with Crippen LogP contribution in [0.4, 0.5) is 0 Å². The van der Waals surface area contributed by atoms with Crippen LogP contribution in [0.1, 0.15) is 13.0 Å². The summed E-state index contributed by atoms with van der Waals surface area (Å²) in [7, 11) is 1.54. The lowest BCUT2D eigenvalue weighted by molar-refractivity contribution is -0.138. The van der Waals surface area contributed by atoms with Gasteiger partial charge in [0.1, 0.15) is 11.8 Å². The third-order valence-corrected chi connectivity index (χ3v) is 5.39. The quantitative estimate of drug-likeness (QED) is 0.653. The molecule has 8 heteroatoms. The molecule has 3 aromatic rings. The number of aromatic nitrogens is 2. The number of benzene rings is 2. The van der Waals surface area contributed by atoms with Gasteiger partial charge >= 0.3 is 5.69 Å². The van der Waals surface area contributed by atoms with E-state index in [2.05, 4.69) is 0 Å². The zero-order valence-electron chi connectivity index (χ0n) is 16.9. The fraction of sp³-hybridized carbons (Fsp3) is 0.318. The minimum Gasteiger partial charge on any atom is -0.497 e. The molecule has 0 spiro atoms. The number of morpholine rings is 1. The summed E-state index contributed by atoms with van der Waals surface area (Å²) < 4.78 is 13.0. The van der Waals surface area contributed by atoms with Crippen molar-refractivity contribution >= 4 is 16.8 Å². The molecular formula is C22H23N3O5. The molecule has 0 bridgehead atoms. The second-order valence-electron chi connectivity index (χ2n) is 7.12. The Morgan fingerprint density at radius 2 is 1.70 bits per heavy atom. The summed E-state index contributed by atoms with van der Waals surface area (Å²) in [4.78, 5) is 41.5. The molecule has 0 N–H and O–H groups in total. The Labute approximate surface area is 172 Å². The number of carbonyl (C=O) groups is 1. The predicted molar refractivity (Wildman–Crippen MR) is 112 cm³/mol. The van der Waals surface area contributed by atoms with Crippen molar-refractivity contribution in [3.05, 3.63) is 69.4 Å². The Kier molecular flexibility index (Phi) is 5.41. The topological polar surface area (TPSA) is 82.8 Å². The van der Waals surface area contributed by atoms with Crippen molar-refractivity contribution in [1.29, 1.82) is 0 Å². The van der Waals surface area contributed by atoms with Crippen molar-refractivity contribution < 1.29 is 14.3 Å². The highest BCUT2D eigenvalue weighted by Crippen LogP contribution is 2.18. The summed E-state index contributed by atoms with van der Waals surface area (Å²) in [5.74, 6) is 0.439. The Morgan fingerprint density at radius 3 is 2.37 bits per heavy atom. The first-order chi connectivity index (χ1) is 14.5. The van der Waals surface area contributed by atoms with Crippen LogP contribution >= 0.6 is 0 Å². The third kappa shape index (κ3) is 3.39. The van der Waals surface area contributed by atoms with Gasteiger partial charge in [-0.3, -0.25) is 14.2 Å². The molecule has 2 aromatic carbocycles. The van der Waals surface area contributed by atoms with E-state index in [4.69, 9.17) is 9.47 Å². The number of amides is 1. The van der Waals surface area contributed by atoms with Crippen molar-refractivity contribution in [3.63, 3.8) is 0 Å². The van der Waals surface area contributed by atoms with Crippen LogP contribution in [0, 0.1) is 0 Å². The molecular weight excluding hydrogens is 386 g/mol. The summed E-state index contributed by atoms with van der Waals surface area (Å²) in [5.41, 5.74) is -0.135. The van der Waals surface area contributed by atoms with Crippen LogP contribution in [0.25, 0.3) is 16.6 Å². The highest BCUT2D eigenvalue weighted by Gasteiger charge is 2.27. The number of hydrogen-bond acceptors (Lipinski definition) is 5. The van der Waals surface area contributed by atoms with Crippen molar-refractivity contribution in [3.8, 4) is 11.4 Å². The summed E-state index contributed by atoms with van der Waals surface area (Å²) >= 11 is 0. The zero-order valence-corrected chi connectivity index (χ0v) is 16.9. The maximum Gasteiger partial charge on any atom is 0.336 e. The largest absolute Gasteiger partial charge is 0.497 e. The highest BCUT2D eigenvalue weighted by molar-refractivity contribution is 5.84. The minimum absolute atomic E-state index is 0.175. The van der Waals surface area contributed by atoms with Gasteiger partial charge in [-0.05, 0) is 43.3 Å². The second-order valence-corrected chi connectivity index (χ2v) is 7.12. The van der Waals surface area contributed by atoms with Gasteiger partial charge in [-0.2, -0.15) is 0 Å². The van der Waals surface area contributed by atoms with Gasteiger partial charge in [0.2, 0.25) is 5.91 Å². The van der Waals surface area contributed by atoms with E-state index in [1.807, 2.05) is 0 Å². The molecule has 1 saturated heterocycles. The van der Waals surface area contributed by atoms with Gasteiger partial charge in [0.15, 0.2) is 0 Å². The number of ether oxygens (including phenoxy) is 2. The molecule has 1 aliphatic rings. The predicted octanol–water partition coefficient (Wildman–Crippen LogP) is 1.58. The summed E-state index contributed by atoms with van der Waals surface area (Å²) in [5, 5.41) is 0.370. The van der Waals surface area contributed by atoms with Crippen molar-refractivity contribution in [1.82, 2.24) is 14.0 Å². The molecule has 0 aliphatic carbocycles. The first kappa shape index (κ1) is 19.9. The lowest BCUT2D eigenvalue weighted by atomic mass is 10.2. The van der Waals surface area contributed by atoms with E-state index >= 15 is 0 Å². The van der Waals surface area contributed by atoms with E-state index in [9.17, 15) is 14.4 Å². The normalized spacial score (nSPS) is 15.2. The molecule has 1 fully saturated rings. The number of nitrogens with zero attached hydrogens (tertiary/aromatic N) is 3. The van der Waals surface area contributed by atoms with Crippen LogP contribution in [0.2, 0.25) is 0 Å². The van der Waals surface area contributed by atoms with Crippen LogP contribution in [-0.2, 0) is 9.53 Å². The lowest BCUT2D eigenvalue weighted by Crippen LogP contribution is -2.47. The Balaban J connectivity index is 1.91. The molecule has 1 atom stereocenters. The van der Waals surface area contributed by atoms with Gasteiger partial charge in [0.25, 0.3) is 5.56 Å². The summed E-state index contributed by atoms with van der Waals surface area (Å²) in [6.07, 6.45) is 0. The third-order valence-electron chi connectivity index (χ3n) is 5.39. The maximum absolute atomic E-state index is 13.5. The molecule has 8 nitrogen and oxygen atoms in total.